The third-order valence-corrected chi connectivity index (χ3v) is 4.85. The van der Waals surface area contributed by atoms with Gasteiger partial charge in [0.05, 0.1) is 5.69 Å². The van der Waals surface area contributed by atoms with Crippen molar-refractivity contribution in [1.82, 2.24) is 9.97 Å². The molecule has 118 valence electrons. The monoisotopic (exact) mass is 442 g/mol. The number of hydrogen-bond acceptors (Lipinski definition) is 1. The van der Waals surface area contributed by atoms with Crippen LogP contribution in [0.25, 0.3) is 27.9 Å². The number of allylic oxidation sites excluding steroid dienone is 1. The molecule has 0 spiro atoms. The summed E-state index contributed by atoms with van der Waals surface area (Å²) < 4.78 is 2.01. The first-order valence-electron chi connectivity index (χ1n) is 7.37. The fourth-order valence-electron chi connectivity index (χ4n) is 2.70. The Morgan fingerprint density at radius 3 is 2.50 bits per heavy atom. The van der Waals surface area contributed by atoms with E-state index in [4.69, 9.17) is 0 Å². The van der Waals surface area contributed by atoms with Crippen LogP contribution >= 0.6 is 31.9 Å². The van der Waals surface area contributed by atoms with Gasteiger partial charge in [0.2, 0.25) is 5.78 Å². The summed E-state index contributed by atoms with van der Waals surface area (Å²) >= 11 is 6.90. The van der Waals surface area contributed by atoms with Gasteiger partial charge in [-0.3, -0.25) is 4.79 Å². The van der Waals surface area contributed by atoms with Crippen molar-refractivity contribution in [2.75, 3.05) is 0 Å². The van der Waals surface area contributed by atoms with Crippen molar-refractivity contribution >= 4 is 65.5 Å². The van der Waals surface area contributed by atoms with Crippen molar-refractivity contribution < 1.29 is 4.79 Å². The minimum Gasteiger partial charge on any atom is -0.355 e. The van der Waals surface area contributed by atoms with Gasteiger partial charge in [0.15, 0.2) is 0 Å². The summed E-state index contributed by atoms with van der Waals surface area (Å²) in [5, 5.41) is 2.12. The fraction of sp³-hybridized carbons (Fsp3) is 0. The van der Waals surface area contributed by atoms with Gasteiger partial charge >= 0.3 is 0 Å². The summed E-state index contributed by atoms with van der Waals surface area (Å²) in [4.78, 5) is 18.8. The van der Waals surface area contributed by atoms with Crippen LogP contribution in [0.1, 0.15) is 16.2 Å². The second-order valence-electron chi connectivity index (χ2n) is 5.57. The zero-order valence-corrected chi connectivity index (χ0v) is 15.6. The molecule has 0 aliphatic carbocycles. The van der Waals surface area contributed by atoms with Crippen molar-refractivity contribution in [2.45, 2.75) is 0 Å². The van der Waals surface area contributed by atoms with Gasteiger partial charge in [0, 0.05) is 36.4 Å². The topological polar surface area (TPSA) is 48.6 Å². The number of benzene rings is 2. The van der Waals surface area contributed by atoms with Gasteiger partial charge < -0.3 is 9.97 Å². The molecule has 5 heteroatoms. The summed E-state index contributed by atoms with van der Waals surface area (Å²) in [6, 6.07) is 15.8. The van der Waals surface area contributed by atoms with Crippen LogP contribution in [-0.2, 0) is 0 Å². The molecule has 3 nitrogen and oxygen atoms in total. The molecule has 0 radical (unpaired) electrons. The first-order chi connectivity index (χ1) is 11.6. The molecule has 0 unspecified atom stereocenters. The highest BCUT2D eigenvalue weighted by Gasteiger charge is 2.07. The third-order valence-electron chi connectivity index (χ3n) is 3.87. The van der Waals surface area contributed by atoms with Crippen LogP contribution in [0.15, 0.2) is 63.6 Å². The molecule has 0 fully saturated rings. The number of H-pyrrole nitrogens is 2. The number of carbonyl (C=O) groups is 1. The Bertz CT molecular complexity index is 1110. The van der Waals surface area contributed by atoms with E-state index in [0.717, 1.165) is 36.4 Å². The molecule has 2 aromatic carbocycles. The Labute approximate surface area is 155 Å². The molecule has 2 heterocycles. The largest absolute Gasteiger partial charge is 0.355 e. The number of nitrogens with one attached hydrogen (secondary N) is 2. The van der Waals surface area contributed by atoms with Crippen molar-refractivity contribution in [3.05, 3.63) is 74.9 Å². The number of halogens is 2. The van der Waals surface area contributed by atoms with Gasteiger partial charge in [0.25, 0.3) is 0 Å². The Hall–Kier alpha value is -2.11. The van der Waals surface area contributed by atoms with Crippen LogP contribution in [0.2, 0.25) is 0 Å². The molecule has 0 saturated carbocycles. The van der Waals surface area contributed by atoms with Gasteiger partial charge in [-0.05, 0) is 54.6 Å². The lowest BCUT2D eigenvalue weighted by Gasteiger charge is -1.90. The van der Waals surface area contributed by atoms with E-state index >= 15 is 0 Å². The van der Waals surface area contributed by atoms with Crippen LogP contribution in [0.3, 0.4) is 0 Å². The van der Waals surface area contributed by atoms with Crippen molar-refractivity contribution in [3.8, 4) is 0 Å². The van der Waals surface area contributed by atoms with E-state index in [2.05, 4.69) is 41.8 Å². The molecule has 0 saturated heterocycles. The molecular formula is C19H12Br2N2O. The predicted octanol–water partition coefficient (Wildman–Crippen LogP) is 6.07. The Morgan fingerprint density at radius 1 is 0.833 bits per heavy atom. The van der Waals surface area contributed by atoms with Gasteiger partial charge in [-0.1, -0.05) is 37.9 Å². The van der Waals surface area contributed by atoms with E-state index in [-0.39, 0.29) is 5.78 Å². The average Bonchev–Trinajstić information content (AvgIpc) is 3.15. The molecule has 4 rings (SSSR count). The van der Waals surface area contributed by atoms with Crippen molar-refractivity contribution in [2.24, 2.45) is 0 Å². The standard InChI is InChI=1S/C19H12Br2N2O/c20-13-3-5-16-12(7-13)9-18(23-16)19(24)6-4-15-8-11-1-2-14(21)10-17(11)22-15/h1-10,22-23H/b6-4+. The summed E-state index contributed by atoms with van der Waals surface area (Å²) in [5.74, 6) is -0.0536. The minimum absolute atomic E-state index is 0.0536. The van der Waals surface area contributed by atoms with E-state index in [0.29, 0.717) is 5.69 Å². The van der Waals surface area contributed by atoms with E-state index in [1.807, 2.05) is 48.5 Å². The van der Waals surface area contributed by atoms with E-state index in [9.17, 15) is 4.79 Å². The van der Waals surface area contributed by atoms with E-state index in [1.165, 1.54) is 0 Å². The van der Waals surface area contributed by atoms with Gasteiger partial charge in [-0.25, -0.2) is 0 Å². The van der Waals surface area contributed by atoms with E-state index < -0.39 is 0 Å². The summed E-state index contributed by atoms with van der Waals surface area (Å²) in [6.45, 7) is 0. The highest BCUT2D eigenvalue weighted by molar-refractivity contribution is 9.10. The van der Waals surface area contributed by atoms with E-state index in [1.54, 1.807) is 12.2 Å². The van der Waals surface area contributed by atoms with Crippen LogP contribution in [0.4, 0.5) is 0 Å². The smallest absolute Gasteiger partial charge is 0.202 e. The molecule has 0 atom stereocenters. The highest BCUT2D eigenvalue weighted by Crippen LogP contribution is 2.22. The molecule has 24 heavy (non-hydrogen) atoms. The Morgan fingerprint density at radius 2 is 1.62 bits per heavy atom. The lowest BCUT2D eigenvalue weighted by molar-refractivity contribution is 0.104. The summed E-state index contributed by atoms with van der Waals surface area (Å²) in [7, 11) is 0. The molecule has 4 aromatic rings. The first kappa shape index (κ1) is 15.4. The lowest BCUT2D eigenvalue weighted by atomic mass is 10.2. The van der Waals surface area contributed by atoms with Crippen LogP contribution in [-0.4, -0.2) is 15.8 Å². The highest BCUT2D eigenvalue weighted by atomic mass is 79.9. The maximum atomic E-state index is 12.4. The zero-order chi connectivity index (χ0) is 16.7. The SMILES string of the molecule is O=C(/C=C/c1cc2ccc(Br)cc2[nH]1)c1cc2cc(Br)ccc2[nH]1. The molecule has 2 aromatic heterocycles. The quantitative estimate of drug-likeness (QED) is 0.293. The maximum absolute atomic E-state index is 12.4. The normalized spacial score (nSPS) is 11.8. The number of fused-ring (bicyclic) bond motifs is 2. The minimum atomic E-state index is -0.0536. The van der Waals surface area contributed by atoms with Crippen molar-refractivity contribution in [1.29, 1.82) is 0 Å². The number of aromatic amines is 2. The number of carbonyl (C=O) groups excluding carboxylic acids is 1. The third kappa shape index (κ3) is 2.97. The van der Waals surface area contributed by atoms with Crippen LogP contribution in [0.5, 0.6) is 0 Å². The summed E-state index contributed by atoms with van der Waals surface area (Å²) in [6.07, 6.45) is 3.39. The molecule has 2 N–H and O–H groups in total. The second kappa shape index (κ2) is 6.07. The van der Waals surface area contributed by atoms with Crippen LogP contribution < -0.4 is 0 Å². The number of rotatable bonds is 3. The lowest BCUT2D eigenvalue weighted by Crippen LogP contribution is -1.93. The Kier molecular flexibility index (Phi) is 3.90. The average molecular weight is 444 g/mol. The van der Waals surface area contributed by atoms with Gasteiger partial charge in [-0.2, -0.15) is 0 Å². The maximum Gasteiger partial charge on any atom is 0.202 e. The summed E-state index contributed by atoms with van der Waals surface area (Å²) in [5.41, 5.74) is 3.46. The second-order valence-corrected chi connectivity index (χ2v) is 7.40. The number of ketones is 1. The Balaban J connectivity index is 1.62. The molecular weight excluding hydrogens is 432 g/mol. The zero-order valence-electron chi connectivity index (χ0n) is 12.4. The van der Waals surface area contributed by atoms with Crippen molar-refractivity contribution in [3.63, 3.8) is 0 Å². The number of hydrogen-bond donors (Lipinski definition) is 2. The van der Waals surface area contributed by atoms with Crippen LogP contribution in [0, 0.1) is 0 Å². The van der Waals surface area contributed by atoms with Gasteiger partial charge in [0.1, 0.15) is 0 Å². The molecule has 0 aliphatic rings. The number of aromatic nitrogens is 2. The predicted molar refractivity (Wildman–Crippen MR) is 105 cm³/mol. The first-order valence-corrected chi connectivity index (χ1v) is 8.96. The molecule has 0 amide bonds. The fourth-order valence-corrected chi connectivity index (χ4v) is 3.44. The van der Waals surface area contributed by atoms with Gasteiger partial charge in [-0.15, -0.1) is 0 Å². The molecule has 0 bridgehead atoms. The molecule has 0 aliphatic heterocycles.